The molecular weight excluding hydrogens is 386 g/mol. The molecule has 2 aliphatic heterocycles. The molecule has 2 saturated heterocycles. The van der Waals surface area contributed by atoms with Gasteiger partial charge in [-0.2, -0.15) is 0 Å². The molecule has 9 nitrogen and oxygen atoms in total. The van der Waals surface area contributed by atoms with Crippen LogP contribution in [0.4, 0.5) is 0 Å². The number of carbonyl (C=O) groups is 3. The highest BCUT2D eigenvalue weighted by molar-refractivity contribution is 5.90. The van der Waals surface area contributed by atoms with Crippen molar-refractivity contribution in [3.63, 3.8) is 0 Å². The lowest BCUT2D eigenvalue weighted by molar-refractivity contribution is -0.140. The molecule has 0 bridgehead atoms. The normalized spacial score (nSPS) is 24.9. The molecule has 1 saturated carbocycles. The molecule has 30 heavy (non-hydrogen) atoms. The number of hydrogen-bond acceptors (Lipinski definition) is 6. The summed E-state index contributed by atoms with van der Waals surface area (Å²) in [6.07, 6.45) is 2.27. The van der Waals surface area contributed by atoms with Gasteiger partial charge in [0.05, 0.1) is 19.3 Å². The number of hydrogen-bond donors (Lipinski definition) is 2. The van der Waals surface area contributed by atoms with E-state index in [2.05, 4.69) is 10.2 Å². The van der Waals surface area contributed by atoms with Gasteiger partial charge in [0, 0.05) is 57.6 Å². The number of amides is 3. The summed E-state index contributed by atoms with van der Waals surface area (Å²) in [5.74, 6) is -0.128. The fraction of sp³-hybridized carbons (Fsp3) is 0.857. The third kappa shape index (κ3) is 5.70. The van der Waals surface area contributed by atoms with Crippen molar-refractivity contribution in [2.45, 2.75) is 45.2 Å². The van der Waals surface area contributed by atoms with Crippen LogP contribution in [-0.4, -0.2) is 104 Å². The van der Waals surface area contributed by atoms with Gasteiger partial charge in [0.2, 0.25) is 17.7 Å². The molecule has 0 spiro atoms. The smallest absolute Gasteiger partial charge is 0.242 e. The van der Waals surface area contributed by atoms with Crippen LogP contribution >= 0.6 is 0 Å². The lowest BCUT2D eigenvalue weighted by Gasteiger charge is -2.34. The maximum Gasteiger partial charge on any atom is 0.242 e. The number of carbonyl (C=O) groups excluding carboxylic acids is 3. The number of likely N-dealkylation sites (tertiary alicyclic amines) is 1. The van der Waals surface area contributed by atoms with Crippen molar-refractivity contribution < 1.29 is 19.1 Å². The van der Waals surface area contributed by atoms with Crippen molar-refractivity contribution in [2.75, 3.05) is 59.0 Å². The number of rotatable bonds is 9. The van der Waals surface area contributed by atoms with Crippen molar-refractivity contribution >= 4 is 17.7 Å². The number of morpholine rings is 1. The maximum atomic E-state index is 13.0. The molecule has 9 heteroatoms. The van der Waals surface area contributed by atoms with E-state index < -0.39 is 6.04 Å². The molecule has 3 aliphatic rings. The van der Waals surface area contributed by atoms with E-state index >= 15 is 0 Å². The van der Waals surface area contributed by atoms with E-state index in [1.807, 2.05) is 18.7 Å². The lowest BCUT2D eigenvalue weighted by atomic mass is 10.1. The second-order valence-electron chi connectivity index (χ2n) is 8.89. The van der Waals surface area contributed by atoms with Crippen LogP contribution < -0.4 is 11.1 Å². The molecule has 1 aliphatic carbocycles. The zero-order valence-electron chi connectivity index (χ0n) is 18.3. The van der Waals surface area contributed by atoms with E-state index in [1.165, 1.54) is 0 Å². The summed E-state index contributed by atoms with van der Waals surface area (Å²) < 4.78 is 5.41. The molecule has 2 atom stereocenters. The first-order chi connectivity index (χ1) is 14.4. The largest absolute Gasteiger partial charge is 0.379 e. The van der Waals surface area contributed by atoms with Crippen LogP contribution in [0.1, 0.15) is 33.1 Å². The number of nitrogens with zero attached hydrogens (tertiary/aromatic N) is 3. The summed E-state index contributed by atoms with van der Waals surface area (Å²) in [4.78, 5) is 44.6. The van der Waals surface area contributed by atoms with E-state index in [1.54, 1.807) is 4.90 Å². The summed E-state index contributed by atoms with van der Waals surface area (Å²) in [7, 11) is 0. The Morgan fingerprint density at radius 3 is 2.50 bits per heavy atom. The Balaban J connectivity index is 1.71. The van der Waals surface area contributed by atoms with Crippen LogP contribution in [-0.2, 0) is 19.1 Å². The third-order valence-electron chi connectivity index (χ3n) is 6.21. The fourth-order valence-electron chi connectivity index (χ4n) is 4.29. The van der Waals surface area contributed by atoms with Crippen LogP contribution in [0, 0.1) is 11.8 Å². The molecule has 3 fully saturated rings. The maximum absolute atomic E-state index is 13.0. The Bertz CT molecular complexity index is 619. The molecule has 0 aromatic heterocycles. The molecule has 0 aromatic carbocycles. The van der Waals surface area contributed by atoms with Gasteiger partial charge in [-0.1, -0.05) is 13.8 Å². The summed E-state index contributed by atoms with van der Waals surface area (Å²) in [5.41, 5.74) is 5.53. The van der Waals surface area contributed by atoms with Crippen LogP contribution in [0.2, 0.25) is 0 Å². The second-order valence-corrected chi connectivity index (χ2v) is 8.89. The minimum absolute atomic E-state index is 0.0381. The minimum atomic E-state index is -0.527. The van der Waals surface area contributed by atoms with E-state index in [9.17, 15) is 14.4 Å². The number of ether oxygens (including phenoxy) is 1. The first-order valence-corrected chi connectivity index (χ1v) is 11.3. The molecule has 2 unspecified atom stereocenters. The summed E-state index contributed by atoms with van der Waals surface area (Å²) in [6, 6.07) is -0.669. The Labute approximate surface area is 179 Å². The average Bonchev–Trinajstić information content (AvgIpc) is 3.51. The molecule has 0 radical (unpaired) electrons. The predicted molar refractivity (Wildman–Crippen MR) is 113 cm³/mol. The monoisotopic (exact) mass is 423 g/mol. The quantitative estimate of drug-likeness (QED) is 0.506. The summed E-state index contributed by atoms with van der Waals surface area (Å²) >= 11 is 0. The molecule has 0 aromatic rings. The highest BCUT2D eigenvalue weighted by Crippen LogP contribution is 2.35. The molecule has 3 amide bonds. The Morgan fingerprint density at radius 1 is 1.20 bits per heavy atom. The van der Waals surface area contributed by atoms with Crippen molar-refractivity contribution in [3.8, 4) is 0 Å². The lowest BCUT2D eigenvalue weighted by Crippen LogP contribution is -2.49. The second kappa shape index (κ2) is 10.5. The van der Waals surface area contributed by atoms with Crippen molar-refractivity contribution in [3.05, 3.63) is 0 Å². The van der Waals surface area contributed by atoms with Gasteiger partial charge >= 0.3 is 0 Å². The first kappa shape index (κ1) is 23.0. The minimum Gasteiger partial charge on any atom is -0.379 e. The first-order valence-electron chi connectivity index (χ1n) is 11.3. The van der Waals surface area contributed by atoms with Gasteiger partial charge in [0.25, 0.3) is 0 Å². The van der Waals surface area contributed by atoms with Crippen molar-refractivity contribution in [2.24, 2.45) is 17.6 Å². The molecular formula is C21H37N5O4. The average molecular weight is 424 g/mol. The van der Waals surface area contributed by atoms with Gasteiger partial charge in [-0.15, -0.1) is 0 Å². The van der Waals surface area contributed by atoms with Gasteiger partial charge in [0.15, 0.2) is 0 Å². The van der Waals surface area contributed by atoms with Crippen LogP contribution in [0.25, 0.3) is 0 Å². The highest BCUT2D eigenvalue weighted by atomic mass is 16.5. The Kier molecular flexibility index (Phi) is 8.07. The summed E-state index contributed by atoms with van der Waals surface area (Å²) in [6.45, 7) is 9.52. The van der Waals surface area contributed by atoms with Gasteiger partial charge in [-0.3, -0.25) is 19.3 Å². The van der Waals surface area contributed by atoms with Gasteiger partial charge in [0.1, 0.15) is 6.04 Å². The zero-order chi connectivity index (χ0) is 21.7. The molecule has 3 N–H and O–H groups in total. The van der Waals surface area contributed by atoms with Gasteiger partial charge in [-0.25, -0.2) is 0 Å². The van der Waals surface area contributed by atoms with Crippen LogP contribution in [0.15, 0.2) is 0 Å². The number of nitrogens with two attached hydrogens (primary N) is 1. The predicted octanol–water partition coefficient (Wildman–Crippen LogP) is -0.742. The van der Waals surface area contributed by atoms with E-state index in [4.69, 9.17) is 10.5 Å². The standard InChI is InChI=1S/C21H37N5O4/c1-15(2)20(28)25(8-7-24-9-11-30-12-10-24)17-13-18(19(27)23-6-5-22)26(14-17)21(29)16-3-4-16/h15-18H,3-14,22H2,1-2H3,(H,23,27). The number of nitrogens with one attached hydrogen (secondary N) is 1. The van der Waals surface area contributed by atoms with E-state index in [0.717, 1.165) is 32.5 Å². The zero-order valence-corrected chi connectivity index (χ0v) is 18.3. The van der Waals surface area contributed by atoms with Crippen molar-refractivity contribution in [1.82, 2.24) is 20.0 Å². The van der Waals surface area contributed by atoms with Crippen molar-refractivity contribution in [1.29, 1.82) is 0 Å². The van der Waals surface area contributed by atoms with Crippen LogP contribution in [0.3, 0.4) is 0 Å². The molecule has 3 rings (SSSR count). The Hall–Kier alpha value is -1.71. The molecule has 2 heterocycles. The summed E-state index contributed by atoms with van der Waals surface area (Å²) in [5, 5.41) is 2.83. The topological polar surface area (TPSA) is 108 Å². The molecule has 170 valence electrons. The SMILES string of the molecule is CC(C)C(=O)N(CCN1CCOCC1)C1CC(C(=O)NCCN)N(C(=O)C2CC2)C1. The van der Waals surface area contributed by atoms with Crippen LogP contribution in [0.5, 0.6) is 0 Å². The fourth-order valence-corrected chi connectivity index (χ4v) is 4.29. The van der Waals surface area contributed by atoms with Gasteiger partial charge in [-0.05, 0) is 19.3 Å². The van der Waals surface area contributed by atoms with Gasteiger partial charge < -0.3 is 25.6 Å². The van der Waals surface area contributed by atoms with E-state index in [-0.39, 0.29) is 35.6 Å². The highest BCUT2D eigenvalue weighted by Gasteiger charge is 2.46. The Morgan fingerprint density at radius 2 is 1.90 bits per heavy atom. The third-order valence-corrected chi connectivity index (χ3v) is 6.21. The van der Waals surface area contributed by atoms with E-state index in [0.29, 0.717) is 45.8 Å².